The molecule has 0 aliphatic carbocycles. The lowest BCUT2D eigenvalue weighted by Gasteiger charge is -2.18. The number of halogens is 3. The molecule has 2 aromatic rings. The van der Waals surface area contributed by atoms with E-state index < -0.39 is 0 Å². The van der Waals surface area contributed by atoms with Crippen LogP contribution in [0.4, 0.5) is 15.9 Å². The van der Waals surface area contributed by atoms with Crippen molar-refractivity contribution in [2.75, 3.05) is 5.32 Å². The zero-order valence-corrected chi connectivity index (χ0v) is 13.7. The second-order valence-electron chi connectivity index (χ2n) is 5.40. The quantitative estimate of drug-likeness (QED) is 0.761. The Hall–Kier alpha value is -1.20. The molecule has 1 aromatic heterocycles. The van der Waals surface area contributed by atoms with Crippen molar-refractivity contribution in [3.8, 4) is 0 Å². The Bertz CT molecular complexity index is 641. The van der Waals surface area contributed by atoms with Crippen LogP contribution in [0.5, 0.6) is 0 Å². The monoisotopic (exact) mass is 357 g/mol. The Morgan fingerprint density at radius 1 is 1.20 bits per heavy atom. The van der Waals surface area contributed by atoms with E-state index in [9.17, 15) is 4.39 Å². The third kappa shape index (κ3) is 3.67. The molecule has 0 bridgehead atoms. The maximum atomic E-state index is 13.2. The lowest BCUT2D eigenvalue weighted by atomic mass is 9.96. The fourth-order valence-electron chi connectivity index (χ4n) is 1.54. The fourth-order valence-corrected chi connectivity index (χ4v) is 2.10. The lowest BCUT2D eigenvalue weighted by molar-refractivity contribution is 0.546. The minimum absolute atomic E-state index is 0.204. The normalized spacial score (nSPS) is 11.5. The number of benzene rings is 1. The van der Waals surface area contributed by atoms with Crippen molar-refractivity contribution < 1.29 is 4.39 Å². The summed E-state index contributed by atoms with van der Waals surface area (Å²) in [5.41, 5.74) is 0.512. The number of nitrogens with one attached hydrogen (secondary N) is 1. The first-order valence-corrected chi connectivity index (χ1v) is 7.20. The highest BCUT2D eigenvalue weighted by Crippen LogP contribution is 2.26. The van der Waals surface area contributed by atoms with E-state index in [2.05, 4.69) is 31.2 Å². The van der Waals surface area contributed by atoms with Crippen molar-refractivity contribution in [1.82, 2.24) is 9.97 Å². The summed E-state index contributed by atoms with van der Waals surface area (Å²) in [6.45, 7) is 6.03. The Kier molecular flexibility index (Phi) is 4.30. The third-order valence-electron chi connectivity index (χ3n) is 2.56. The molecule has 2 rings (SSSR count). The van der Waals surface area contributed by atoms with Gasteiger partial charge in [0.05, 0.1) is 4.47 Å². The van der Waals surface area contributed by atoms with E-state index in [1.54, 1.807) is 18.2 Å². The average Bonchev–Trinajstić information content (AvgIpc) is 2.32. The zero-order chi connectivity index (χ0) is 14.9. The van der Waals surface area contributed by atoms with E-state index in [1.165, 1.54) is 6.07 Å². The summed E-state index contributed by atoms with van der Waals surface area (Å²) in [7, 11) is 0. The number of aromatic nitrogens is 2. The van der Waals surface area contributed by atoms with Gasteiger partial charge in [-0.15, -0.1) is 0 Å². The summed E-state index contributed by atoms with van der Waals surface area (Å²) >= 11 is 9.16. The molecule has 0 radical (unpaired) electrons. The Morgan fingerprint density at radius 3 is 2.50 bits per heavy atom. The molecule has 0 saturated carbocycles. The van der Waals surface area contributed by atoms with Gasteiger partial charge in [-0.05, 0) is 34.1 Å². The number of nitrogens with zero attached hydrogens (tertiary/aromatic N) is 2. The molecule has 0 aliphatic heterocycles. The van der Waals surface area contributed by atoms with Gasteiger partial charge >= 0.3 is 0 Å². The Labute approximate surface area is 130 Å². The van der Waals surface area contributed by atoms with Crippen LogP contribution in [-0.2, 0) is 5.41 Å². The molecular formula is C14H14BrClFN3. The molecule has 0 unspecified atom stereocenters. The first kappa shape index (κ1) is 15.2. The maximum absolute atomic E-state index is 13.2. The first-order chi connectivity index (χ1) is 9.25. The van der Waals surface area contributed by atoms with Crippen LogP contribution < -0.4 is 5.32 Å². The molecule has 0 fully saturated rings. The average molecular weight is 359 g/mol. The van der Waals surface area contributed by atoms with E-state index in [-0.39, 0.29) is 11.2 Å². The van der Waals surface area contributed by atoms with Gasteiger partial charge in [-0.2, -0.15) is 0 Å². The van der Waals surface area contributed by atoms with Crippen LogP contribution in [0.15, 0.2) is 28.7 Å². The molecule has 0 spiro atoms. The van der Waals surface area contributed by atoms with Crippen LogP contribution in [-0.4, -0.2) is 9.97 Å². The number of hydrogen-bond donors (Lipinski definition) is 1. The summed E-state index contributed by atoms with van der Waals surface area (Å²) in [5, 5.41) is 3.46. The summed E-state index contributed by atoms with van der Waals surface area (Å²) in [6.07, 6.45) is 0. The van der Waals surface area contributed by atoms with Crippen molar-refractivity contribution in [2.24, 2.45) is 0 Å². The highest BCUT2D eigenvalue weighted by atomic mass is 79.9. The van der Waals surface area contributed by atoms with Crippen LogP contribution >= 0.6 is 27.5 Å². The zero-order valence-electron chi connectivity index (χ0n) is 11.3. The van der Waals surface area contributed by atoms with Gasteiger partial charge in [0, 0.05) is 17.2 Å². The highest BCUT2D eigenvalue weighted by Gasteiger charge is 2.18. The smallest absolute Gasteiger partial charge is 0.137 e. The highest BCUT2D eigenvalue weighted by molar-refractivity contribution is 9.10. The lowest BCUT2D eigenvalue weighted by Crippen LogP contribution is -2.16. The van der Waals surface area contributed by atoms with Crippen molar-refractivity contribution in [2.45, 2.75) is 26.2 Å². The van der Waals surface area contributed by atoms with Gasteiger partial charge in [0.15, 0.2) is 0 Å². The van der Waals surface area contributed by atoms with Crippen molar-refractivity contribution in [3.63, 3.8) is 0 Å². The maximum Gasteiger partial charge on any atom is 0.137 e. The van der Waals surface area contributed by atoms with Gasteiger partial charge < -0.3 is 5.32 Å². The largest absolute Gasteiger partial charge is 0.340 e. The van der Waals surface area contributed by atoms with Crippen LogP contribution in [0.25, 0.3) is 0 Å². The van der Waals surface area contributed by atoms with E-state index in [0.29, 0.717) is 27.0 Å². The summed E-state index contributed by atoms with van der Waals surface area (Å²) < 4.78 is 13.6. The molecule has 106 valence electrons. The van der Waals surface area contributed by atoms with Crippen LogP contribution in [0.1, 0.15) is 26.6 Å². The molecule has 0 saturated heterocycles. The fraction of sp³-hybridized carbons (Fsp3) is 0.286. The Morgan fingerprint density at radius 2 is 1.90 bits per heavy atom. The number of anilines is 2. The first-order valence-electron chi connectivity index (χ1n) is 6.03. The molecule has 0 atom stereocenters. The molecule has 3 nitrogen and oxygen atoms in total. The van der Waals surface area contributed by atoms with E-state index in [0.717, 1.165) is 0 Å². The molecule has 20 heavy (non-hydrogen) atoms. The Balaban J connectivity index is 2.33. The van der Waals surface area contributed by atoms with E-state index >= 15 is 0 Å². The number of rotatable bonds is 2. The topological polar surface area (TPSA) is 37.8 Å². The van der Waals surface area contributed by atoms with Crippen LogP contribution in [0, 0.1) is 5.82 Å². The van der Waals surface area contributed by atoms with E-state index in [4.69, 9.17) is 11.6 Å². The van der Waals surface area contributed by atoms with Crippen molar-refractivity contribution in [3.05, 3.63) is 45.5 Å². The van der Waals surface area contributed by atoms with Gasteiger partial charge in [0.25, 0.3) is 0 Å². The van der Waals surface area contributed by atoms with Crippen LogP contribution in [0.3, 0.4) is 0 Å². The second kappa shape index (κ2) is 5.66. The predicted molar refractivity (Wildman–Crippen MR) is 83.1 cm³/mol. The molecule has 0 amide bonds. The molecule has 1 aromatic carbocycles. The SMILES string of the molecule is CC(C)(C)c1nc(Cl)cc(Nc2ccc(F)c(Br)c2)n1. The van der Waals surface area contributed by atoms with Gasteiger partial charge in [-0.3, -0.25) is 0 Å². The standard InChI is InChI=1S/C14H14BrClFN3/c1-14(2,3)13-19-11(16)7-12(20-13)18-8-4-5-10(17)9(15)6-8/h4-7H,1-3H3,(H,18,19,20). The van der Waals surface area contributed by atoms with Gasteiger partial charge in [-0.1, -0.05) is 32.4 Å². The summed E-state index contributed by atoms with van der Waals surface area (Å²) in [5.74, 6) is 0.911. The molecule has 1 heterocycles. The minimum Gasteiger partial charge on any atom is -0.340 e. The third-order valence-corrected chi connectivity index (χ3v) is 3.36. The summed E-state index contributed by atoms with van der Waals surface area (Å²) in [6, 6.07) is 6.28. The number of hydrogen-bond acceptors (Lipinski definition) is 3. The van der Waals surface area contributed by atoms with Crippen molar-refractivity contribution >= 4 is 39.0 Å². The van der Waals surface area contributed by atoms with Crippen LogP contribution in [0.2, 0.25) is 5.15 Å². The second-order valence-corrected chi connectivity index (χ2v) is 6.64. The van der Waals surface area contributed by atoms with Crippen molar-refractivity contribution in [1.29, 1.82) is 0 Å². The minimum atomic E-state index is -0.313. The van der Waals surface area contributed by atoms with E-state index in [1.807, 2.05) is 20.8 Å². The van der Waals surface area contributed by atoms with Gasteiger partial charge in [-0.25, -0.2) is 14.4 Å². The predicted octanol–water partition coefficient (Wildman–Crippen LogP) is 5.07. The molecule has 0 aliphatic rings. The molecule has 6 heteroatoms. The molecule has 1 N–H and O–H groups in total. The molecular weight excluding hydrogens is 345 g/mol. The van der Waals surface area contributed by atoms with Gasteiger partial charge in [0.2, 0.25) is 0 Å². The van der Waals surface area contributed by atoms with Gasteiger partial charge in [0.1, 0.15) is 22.6 Å². The summed E-state index contributed by atoms with van der Waals surface area (Å²) in [4.78, 5) is 8.66.